The minimum absolute atomic E-state index is 0.0921. The minimum Gasteiger partial charge on any atom is -0.332 e. The van der Waals surface area contributed by atoms with E-state index in [-0.39, 0.29) is 10.4 Å². The Labute approximate surface area is 106 Å². The predicted octanol–water partition coefficient (Wildman–Crippen LogP) is 1.36. The number of sulfonamides is 1. The van der Waals surface area contributed by atoms with Gasteiger partial charge in [-0.05, 0) is 12.8 Å². The Morgan fingerprint density at radius 3 is 2.71 bits per heavy atom. The van der Waals surface area contributed by atoms with Gasteiger partial charge in [0.15, 0.2) is 5.03 Å². The second-order valence-electron chi connectivity index (χ2n) is 4.13. The highest BCUT2D eigenvalue weighted by atomic mass is 35.5. The maximum atomic E-state index is 12.2. The maximum Gasteiger partial charge on any atom is 0.260 e. The fourth-order valence-corrected chi connectivity index (χ4v) is 3.46. The molecule has 1 aliphatic rings. The quantitative estimate of drug-likeness (QED) is 0.849. The van der Waals surface area contributed by atoms with E-state index in [1.54, 1.807) is 0 Å². The van der Waals surface area contributed by atoms with Crippen LogP contribution in [0.2, 0.25) is 0 Å². The van der Waals surface area contributed by atoms with Crippen molar-refractivity contribution in [1.82, 2.24) is 14.3 Å². The zero-order valence-electron chi connectivity index (χ0n) is 9.69. The minimum atomic E-state index is -3.42. The third-order valence-electron chi connectivity index (χ3n) is 2.94. The second kappa shape index (κ2) is 4.96. The van der Waals surface area contributed by atoms with Gasteiger partial charge < -0.3 is 4.98 Å². The summed E-state index contributed by atoms with van der Waals surface area (Å²) in [6.07, 6.45) is 3.49. The van der Waals surface area contributed by atoms with Crippen LogP contribution in [0.1, 0.15) is 25.6 Å². The van der Waals surface area contributed by atoms with Crippen LogP contribution in [-0.4, -0.2) is 41.2 Å². The van der Waals surface area contributed by atoms with E-state index in [2.05, 4.69) is 9.97 Å². The van der Waals surface area contributed by atoms with Gasteiger partial charge in [0.1, 0.15) is 5.82 Å². The molecule has 1 saturated heterocycles. The SMILES string of the molecule is CCc1ncc(S(=O)(=O)N2CCC(Cl)CC2)[nH]1. The lowest BCUT2D eigenvalue weighted by Crippen LogP contribution is -2.38. The Morgan fingerprint density at radius 2 is 2.18 bits per heavy atom. The van der Waals surface area contributed by atoms with Crippen LogP contribution in [0.25, 0.3) is 0 Å². The molecule has 1 aromatic rings. The van der Waals surface area contributed by atoms with Crippen molar-refractivity contribution in [3.8, 4) is 0 Å². The first kappa shape index (κ1) is 12.9. The number of nitrogens with one attached hydrogen (secondary N) is 1. The van der Waals surface area contributed by atoms with Crippen molar-refractivity contribution in [3.63, 3.8) is 0 Å². The van der Waals surface area contributed by atoms with E-state index >= 15 is 0 Å². The molecular weight excluding hydrogens is 262 g/mol. The summed E-state index contributed by atoms with van der Waals surface area (Å²) in [6.45, 7) is 2.89. The number of piperidine rings is 1. The predicted molar refractivity (Wildman–Crippen MR) is 65.6 cm³/mol. The van der Waals surface area contributed by atoms with Crippen molar-refractivity contribution in [2.75, 3.05) is 13.1 Å². The van der Waals surface area contributed by atoms with E-state index in [4.69, 9.17) is 11.6 Å². The molecule has 2 heterocycles. The van der Waals surface area contributed by atoms with Crippen molar-refractivity contribution in [3.05, 3.63) is 12.0 Å². The fourth-order valence-electron chi connectivity index (χ4n) is 1.86. The summed E-state index contributed by atoms with van der Waals surface area (Å²) in [5.41, 5.74) is 0. The van der Waals surface area contributed by atoms with Crippen molar-refractivity contribution >= 4 is 21.6 Å². The van der Waals surface area contributed by atoms with Gasteiger partial charge in [0.2, 0.25) is 0 Å². The van der Waals surface area contributed by atoms with Gasteiger partial charge in [0.05, 0.1) is 6.20 Å². The molecule has 7 heteroatoms. The zero-order valence-corrected chi connectivity index (χ0v) is 11.3. The highest BCUT2D eigenvalue weighted by Crippen LogP contribution is 2.21. The van der Waals surface area contributed by atoms with Crippen molar-refractivity contribution in [2.24, 2.45) is 0 Å². The first-order valence-electron chi connectivity index (χ1n) is 5.72. The van der Waals surface area contributed by atoms with Gasteiger partial charge in [0.25, 0.3) is 10.0 Å². The van der Waals surface area contributed by atoms with Crippen LogP contribution in [0.15, 0.2) is 11.2 Å². The highest BCUT2D eigenvalue weighted by molar-refractivity contribution is 7.89. The largest absolute Gasteiger partial charge is 0.332 e. The standard InChI is InChI=1S/C10H16ClN3O2S/c1-2-9-12-7-10(13-9)17(15,16)14-5-3-8(11)4-6-14/h7-8H,2-6H2,1H3,(H,12,13). The molecule has 0 atom stereocenters. The van der Waals surface area contributed by atoms with E-state index in [9.17, 15) is 8.42 Å². The van der Waals surface area contributed by atoms with E-state index < -0.39 is 10.0 Å². The molecule has 0 aliphatic carbocycles. The molecule has 1 fully saturated rings. The molecule has 1 aliphatic heterocycles. The van der Waals surface area contributed by atoms with Crippen molar-refractivity contribution in [2.45, 2.75) is 36.6 Å². The second-order valence-corrected chi connectivity index (χ2v) is 6.65. The van der Waals surface area contributed by atoms with Gasteiger partial charge in [-0.2, -0.15) is 4.31 Å². The van der Waals surface area contributed by atoms with Crippen LogP contribution in [0, 0.1) is 0 Å². The van der Waals surface area contributed by atoms with Crippen LogP contribution < -0.4 is 0 Å². The average molecular weight is 278 g/mol. The van der Waals surface area contributed by atoms with Gasteiger partial charge in [-0.25, -0.2) is 13.4 Å². The number of imidazole rings is 1. The number of hydrogen-bond donors (Lipinski definition) is 1. The molecule has 0 unspecified atom stereocenters. The van der Waals surface area contributed by atoms with Crippen molar-refractivity contribution in [1.29, 1.82) is 0 Å². The Bertz CT molecular complexity index is 477. The Morgan fingerprint density at radius 1 is 1.53 bits per heavy atom. The lowest BCUT2D eigenvalue weighted by molar-refractivity contribution is 0.349. The van der Waals surface area contributed by atoms with E-state index in [1.165, 1.54) is 10.5 Å². The summed E-state index contributed by atoms with van der Waals surface area (Å²) in [5.74, 6) is 0.691. The normalized spacial score (nSPS) is 19.6. The molecule has 0 aromatic carbocycles. The van der Waals surface area contributed by atoms with Crippen LogP contribution in [0.3, 0.4) is 0 Å². The number of nitrogens with zero attached hydrogens (tertiary/aromatic N) is 2. The monoisotopic (exact) mass is 277 g/mol. The third kappa shape index (κ3) is 2.64. The van der Waals surface area contributed by atoms with E-state index in [0.29, 0.717) is 38.2 Å². The first-order valence-corrected chi connectivity index (χ1v) is 7.59. The number of alkyl halides is 1. The summed E-state index contributed by atoms with van der Waals surface area (Å²) < 4.78 is 25.9. The number of aromatic amines is 1. The summed E-state index contributed by atoms with van der Waals surface area (Å²) >= 11 is 5.96. The molecule has 0 saturated carbocycles. The van der Waals surface area contributed by atoms with Crippen LogP contribution in [-0.2, 0) is 16.4 Å². The molecule has 1 aromatic heterocycles. The Balaban J connectivity index is 2.18. The molecular formula is C10H16ClN3O2S. The maximum absolute atomic E-state index is 12.2. The molecule has 0 radical (unpaired) electrons. The van der Waals surface area contributed by atoms with Crippen LogP contribution in [0.4, 0.5) is 0 Å². The molecule has 0 bridgehead atoms. The number of aryl methyl sites for hydroxylation is 1. The number of halogens is 1. The third-order valence-corrected chi connectivity index (χ3v) is 5.19. The number of hydrogen-bond acceptors (Lipinski definition) is 3. The fraction of sp³-hybridized carbons (Fsp3) is 0.700. The summed E-state index contributed by atoms with van der Waals surface area (Å²) in [7, 11) is -3.42. The molecule has 17 heavy (non-hydrogen) atoms. The van der Waals surface area contributed by atoms with Crippen molar-refractivity contribution < 1.29 is 8.42 Å². The summed E-state index contributed by atoms with van der Waals surface area (Å²) in [6, 6.07) is 0. The molecule has 96 valence electrons. The Kier molecular flexibility index (Phi) is 3.75. The molecule has 0 spiro atoms. The lowest BCUT2D eigenvalue weighted by Gasteiger charge is -2.27. The van der Waals surface area contributed by atoms with Crippen LogP contribution in [0.5, 0.6) is 0 Å². The molecule has 0 amide bonds. The van der Waals surface area contributed by atoms with Gasteiger partial charge in [-0.1, -0.05) is 6.92 Å². The van der Waals surface area contributed by atoms with E-state index in [1.807, 2.05) is 6.92 Å². The smallest absolute Gasteiger partial charge is 0.260 e. The highest BCUT2D eigenvalue weighted by Gasteiger charge is 2.29. The first-order chi connectivity index (χ1) is 8.04. The summed E-state index contributed by atoms with van der Waals surface area (Å²) in [4.78, 5) is 6.86. The van der Waals surface area contributed by atoms with Gasteiger partial charge in [-0.3, -0.25) is 0 Å². The topological polar surface area (TPSA) is 66.1 Å². The van der Waals surface area contributed by atoms with Gasteiger partial charge in [-0.15, -0.1) is 11.6 Å². The number of rotatable bonds is 3. The molecule has 5 nitrogen and oxygen atoms in total. The zero-order chi connectivity index (χ0) is 12.5. The van der Waals surface area contributed by atoms with Crippen LogP contribution >= 0.6 is 11.6 Å². The lowest BCUT2D eigenvalue weighted by atomic mass is 10.2. The number of H-pyrrole nitrogens is 1. The van der Waals surface area contributed by atoms with Gasteiger partial charge in [0, 0.05) is 24.9 Å². The Hall–Kier alpha value is -0.590. The number of aromatic nitrogens is 2. The summed E-state index contributed by atoms with van der Waals surface area (Å²) in [5, 5.41) is 0.275. The average Bonchev–Trinajstić information content (AvgIpc) is 2.78. The molecule has 1 N–H and O–H groups in total. The van der Waals surface area contributed by atoms with Gasteiger partial charge >= 0.3 is 0 Å². The molecule has 2 rings (SSSR count). The van der Waals surface area contributed by atoms with E-state index in [0.717, 1.165) is 0 Å².